The zero-order valence-electron chi connectivity index (χ0n) is 16.5. The van der Waals surface area contributed by atoms with Gasteiger partial charge >= 0.3 is 0 Å². The SMILES string of the molecule is COc1cc(C)ccc1OC(C)C(=O)NCc1sc(-c2ccccc2)nc1C. The van der Waals surface area contributed by atoms with Gasteiger partial charge in [0, 0.05) is 10.4 Å². The molecule has 6 heteroatoms. The van der Waals surface area contributed by atoms with Gasteiger partial charge in [0.05, 0.1) is 19.3 Å². The molecule has 0 aliphatic carbocycles. The number of benzene rings is 2. The Labute approximate surface area is 169 Å². The van der Waals surface area contributed by atoms with Gasteiger partial charge in [-0.2, -0.15) is 0 Å². The van der Waals surface area contributed by atoms with Crippen molar-refractivity contribution in [1.82, 2.24) is 10.3 Å². The maximum Gasteiger partial charge on any atom is 0.261 e. The highest BCUT2D eigenvalue weighted by atomic mass is 32.1. The lowest BCUT2D eigenvalue weighted by Crippen LogP contribution is -2.35. The molecular formula is C22H24N2O3S. The largest absolute Gasteiger partial charge is 0.493 e. The number of carbonyl (C=O) groups is 1. The van der Waals surface area contributed by atoms with Crippen LogP contribution in [-0.2, 0) is 11.3 Å². The fourth-order valence-electron chi connectivity index (χ4n) is 2.72. The second-order valence-corrected chi connectivity index (χ2v) is 7.61. The first-order valence-corrected chi connectivity index (χ1v) is 9.90. The Morgan fingerprint density at radius 3 is 2.61 bits per heavy atom. The van der Waals surface area contributed by atoms with Crippen LogP contribution < -0.4 is 14.8 Å². The number of aryl methyl sites for hydroxylation is 2. The van der Waals surface area contributed by atoms with Crippen molar-refractivity contribution < 1.29 is 14.3 Å². The second-order valence-electron chi connectivity index (χ2n) is 6.53. The van der Waals surface area contributed by atoms with Gasteiger partial charge in [-0.25, -0.2) is 4.98 Å². The molecule has 0 fully saturated rings. The number of hydrogen-bond acceptors (Lipinski definition) is 5. The van der Waals surface area contributed by atoms with Gasteiger partial charge < -0.3 is 14.8 Å². The zero-order valence-corrected chi connectivity index (χ0v) is 17.3. The van der Waals surface area contributed by atoms with Crippen molar-refractivity contribution in [3.63, 3.8) is 0 Å². The Morgan fingerprint density at radius 2 is 1.89 bits per heavy atom. The number of nitrogens with zero attached hydrogens (tertiary/aromatic N) is 1. The summed E-state index contributed by atoms with van der Waals surface area (Å²) >= 11 is 1.59. The van der Waals surface area contributed by atoms with Crippen molar-refractivity contribution in [2.24, 2.45) is 0 Å². The average Bonchev–Trinajstić information content (AvgIpc) is 3.08. The fourth-order valence-corrected chi connectivity index (χ4v) is 3.73. The molecule has 28 heavy (non-hydrogen) atoms. The van der Waals surface area contributed by atoms with Crippen molar-refractivity contribution >= 4 is 17.2 Å². The molecule has 3 rings (SSSR count). The summed E-state index contributed by atoms with van der Waals surface area (Å²) in [6.07, 6.45) is -0.640. The molecule has 0 radical (unpaired) electrons. The van der Waals surface area contributed by atoms with Crippen molar-refractivity contribution in [3.05, 3.63) is 64.7 Å². The van der Waals surface area contributed by atoms with Crippen LogP contribution in [0.1, 0.15) is 23.1 Å². The molecule has 0 aliphatic rings. The van der Waals surface area contributed by atoms with Crippen LogP contribution in [-0.4, -0.2) is 24.1 Å². The molecule has 1 atom stereocenters. The molecule has 2 aromatic carbocycles. The monoisotopic (exact) mass is 396 g/mol. The first kappa shape index (κ1) is 19.9. The summed E-state index contributed by atoms with van der Waals surface area (Å²) in [5, 5.41) is 3.89. The van der Waals surface area contributed by atoms with E-state index in [0.717, 1.165) is 26.7 Å². The molecule has 0 saturated carbocycles. The molecule has 1 amide bonds. The van der Waals surface area contributed by atoms with E-state index in [0.29, 0.717) is 18.0 Å². The Hall–Kier alpha value is -2.86. The Kier molecular flexibility index (Phi) is 6.31. The van der Waals surface area contributed by atoms with Crippen LogP contribution in [0, 0.1) is 13.8 Å². The number of hydrogen-bond donors (Lipinski definition) is 1. The number of methoxy groups -OCH3 is 1. The maximum atomic E-state index is 12.5. The number of aromatic nitrogens is 1. The molecule has 1 unspecified atom stereocenters. The van der Waals surface area contributed by atoms with E-state index in [9.17, 15) is 4.79 Å². The molecule has 1 N–H and O–H groups in total. The predicted octanol–water partition coefficient (Wildman–Crippen LogP) is 4.52. The van der Waals surface area contributed by atoms with Crippen LogP contribution in [0.2, 0.25) is 0 Å². The molecule has 0 bridgehead atoms. The van der Waals surface area contributed by atoms with E-state index < -0.39 is 6.10 Å². The van der Waals surface area contributed by atoms with Gasteiger partial charge in [0.1, 0.15) is 5.01 Å². The van der Waals surface area contributed by atoms with Gasteiger partial charge in [-0.1, -0.05) is 36.4 Å². The average molecular weight is 397 g/mol. The molecule has 1 aromatic heterocycles. The highest BCUT2D eigenvalue weighted by Gasteiger charge is 2.18. The first-order chi connectivity index (χ1) is 13.5. The summed E-state index contributed by atoms with van der Waals surface area (Å²) in [6.45, 7) is 6.09. The maximum absolute atomic E-state index is 12.5. The molecule has 0 spiro atoms. The number of nitrogens with one attached hydrogen (secondary N) is 1. The van der Waals surface area contributed by atoms with Gasteiger partial charge in [-0.05, 0) is 38.5 Å². The summed E-state index contributed by atoms with van der Waals surface area (Å²) in [4.78, 5) is 18.1. The number of carbonyl (C=O) groups excluding carboxylic acids is 1. The number of thiazole rings is 1. The summed E-state index contributed by atoms with van der Waals surface area (Å²) in [7, 11) is 1.59. The lowest BCUT2D eigenvalue weighted by molar-refractivity contribution is -0.127. The van der Waals surface area contributed by atoms with E-state index in [1.165, 1.54) is 0 Å². The number of amides is 1. The van der Waals surface area contributed by atoms with Crippen molar-refractivity contribution in [2.45, 2.75) is 33.4 Å². The van der Waals surface area contributed by atoms with Crippen LogP contribution in [0.5, 0.6) is 11.5 Å². The molecule has 1 heterocycles. The van der Waals surface area contributed by atoms with Gasteiger partial charge in [0.15, 0.2) is 17.6 Å². The minimum Gasteiger partial charge on any atom is -0.493 e. The zero-order chi connectivity index (χ0) is 20.1. The lowest BCUT2D eigenvalue weighted by Gasteiger charge is -2.17. The van der Waals surface area contributed by atoms with Gasteiger partial charge in [-0.3, -0.25) is 4.79 Å². The minimum atomic E-state index is -0.640. The molecule has 0 saturated heterocycles. The minimum absolute atomic E-state index is 0.184. The molecule has 3 aromatic rings. The van der Waals surface area contributed by atoms with E-state index in [4.69, 9.17) is 9.47 Å². The first-order valence-electron chi connectivity index (χ1n) is 9.08. The highest BCUT2D eigenvalue weighted by Crippen LogP contribution is 2.29. The summed E-state index contributed by atoms with van der Waals surface area (Å²) in [6, 6.07) is 15.7. The van der Waals surface area contributed by atoms with Crippen LogP contribution in [0.4, 0.5) is 0 Å². The number of ether oxygens (including phenoxy) is 2. The molecule has 146 valence electrons. The molecule has 0 aliphatic heterocycles. The van der Waals surface area contributed by atoms with E-state index in [2.05, 4.69) is 10.3 Å². The molecule has 5 nitrogen and oxygen atoms in total. The summed E-state index contributed by atoms with van der Waals surface area (Å²) in [5.41, 5.74) is 3.07. The van der Waals surface area contributed by atoms with E-state index in [-0.39, 0.29) is 5.91 Å². The van der Waals surface area contributed by atoms with Crippen LogP contribution in [0.3, 0.4) is 0 Å². The smallest absolute Gasteiger partial charge is 0.261 e. The Morgan fingerprint density at radius 1 is 1.14 bits per heavy atom. The molecular weight excluding hydrogens is 372 g/mol. The highest BCUT2D eigenvalue weighted by molar-refractivity contribution is 7.15. The summed E-state index contributed by atoms with van der Waals surface area (Å²) in [5.74, 6) is 0.984. The van der Waals surface area contributed by atoms with Crippen LogP contribution in [0.25, 0.3) is 10.6 Å². The standard InChI is InChI=1S/C22H24N2O3S/c1-14-10-11-18(19(12-14)26-4)27-16(3)21(25)23-13-20-15(2)24-22(28-20)17-8-6-5-7-9-17/h5-12,16H,13H2,1-4H3,(H,23,25). The van der Waals surface area contributed by atoms with E-state index in [1.807, 2.05) is 62.4 Å². The second kappa shape index (κ2) is 8.89. The Balaban J connectivity index is 1.62. The van der Waals surface area contributed by atoms with E-state index >= 15 is 0 Å². The quantitative estimate of drug-likeness (QED) is 0.638. The van der Waals surface area contributed by atoms with Gasteiger partial charge in [0.25, 0.3) is 5.91 Å². The Bertz CT molecular complexity index is 954. The van der Waals surface area contributed by atoms with Crippen LogP contribution in [0.15, 0.2) is 48.5 Å². The number of rotatable bonds is 7. The van der Waals surface area contributed by atoms with Crippen LogP contribution >= 0.6 is 11.3 Å². The topological polar surface area (TPSA) is 60.5 Å². The van der Waals surface area contributed by atoms with Crippen molar-refractivity contribution in [1.29, 1.82) is 0 Å². The normalized spacial score (nSPS) is 11.7. The third-order valence-electron chi connectivity index (χ3n) is 4.33. The van der Waals surface area contributed by atoms with Gasteiger partial charge in [0.2, 0.25) is 0 Å². The van der Waals surface area contributed by atoms with Gasteiger partial charge in [-0.15, -0.1) is 11.3 Å². The third-order valence-corrected chi connectivity index (χ3v) is 5.54. The van der Waals surface area contributed by atoms with Crippen molar-refractivity contribution in [2.75, 3.05) is 7.11 Å². The summed E-state index contributed by atoms with van der Waals surface area (Å²) < 4.78 is 11.1. The predicted molar refractivity (Wildman–Crippen MR) is 112 cm³/mol. The van der Waals surface area contributed by atoms with Crippen molar-refractivity contribution in [3.8, 4) is 22.1 Å². The van der Waals surface area contributed by atoms with E-state index in [1.54, 1.807) is 25.4 Å². The lowest BCUT2D eigenvalue weighted by atomic mass is 10.2. The fraction of sp³-hybridized carbons (Fsp3) is 0.273. The third kappa shape index (κ3) is 4.70.